The number of aliphatic hydroxyl groups is 2. The van der Waals surface area contributed by atoms with Gasteiger partial charge in [0.05, 0.1) is 6.61 Å². The summed E-state index contributed by atoms with van der Waals surface area (Å²) in [6.45, 7) is 4.00. The fourth-order valence-corrected chi connectivity index (χ4v) is 2.36. The van der Waals surface area contributed by atoms with Crippen molar-refractivity contribution < 1.29 is 24.1 Å². The Morgan fingerprint density at radius 3 is 2.75 bits per heavy atom. The van der Waals surface area contributed by atoms with Crippen molar-refractivity contribution in [2.45, 2.75) is 50.7 Å². The summed E-state index contributed by atoms with van der Waals surface area (Å²) in [6.07, 6.45) is 0.367. The van der Waals surface area contributed by atoms with E-state index in [4.69, 9.17) is 15.9 Å². The second-order valence-corrected chi connectivity index (χ2v) is 6.14. The highest BCUT2D eigenvalue weighted by Gasteiger charge is 2.51. The Balaban J connectivity index is 2.40. The summed E-state index contributed by atoms with van der Waals surface area (Å²) in [5.41, 5.74) is -3.72. The zero-order valence-electron chi connectivity index (χ0n) is 13.4. The van der Waals surface area contributed by atoms with Crippen LogP contribution >= 0.6 is 0 Å². The van der Waals surface area contributed by atoms with E-state index in [0.717, 1.165) is 6.20 Å². The van der Waals surface area contributed by atoms with Crippen molar-refractivity contribution in [1.82, 2.24) is 9.55 Å². The van der Waals surface area contributed by atoms with Gasteiger partial charge < -0.3 is 19.7 Å². The van der Waals surface area contributed by atoms with Crippen molar-refractivity contribution >= 4 is 0 Å². The first-order valence-corrected chi connectivity index (χ1v) is 7.17. The van der Waals surface area contributed by atoms with Crippen LogP contribution in [0.2, 0.25) is 0 Å². The molecule has 1 aromatic rings. The summed E-state index contributed by atoms with van der Waals surface area (Å²) < 4.78 is 25.8. The number of rotatable bonds is 3. The number of aryl methyl sites for hydroxylation is 1. The topological polar surface area (TPSA) is 114 Å². The van der Waals surface area contributed by atoms with E-state index in [2.05, 4.69) is 0 Å². The Morgan fingerprint density at radius 2 is 2.17 bits per heavy atom. The molecule has 0 radical (unpaired) electrons. The number of hydrogen-bond donors (Lipinski definition) is 3. The monoisotopic (exact) mass is 342 g/mol. The summed E-state index contributed by atoms with van der Waals surface area (Å²) in [7, 11) is 0. The number of aliphatic hydroxyl groups excluding tert-OH is 1. The summed E-state index contributed by atoms with van der Waals surface area (Å²) in [6, 6.07) is 0. The highest BCUT2D eigenvalue weighted by Crippen LogP contribution is 2.33. The van der Waals surface area contributed by atoms with Crippen molar-refractivity contribution in [3.05, 3.63) is 32.6 Å². The fourth-order valence-electron chi connectivity index (χ4n) is 2.36. The third-order valence-electron chi connectivity index (χ3n) is 3.77. The number of halogens is 1. The maximum absolute atomic E-state index is 14.7. The second-order valence-electron chi connectivity index (χ2n) is 6.14. The zero-order chi connectivity index (χ0) is 18.3. The lowest BCUT2D eigenvalue weighted by Crippen LogP contribution is -2.62. The third kappa shape index (κ3) is 3.27. The van der Waals surface area contributed by atoms with Gasteiger partial charge >= 0.3 is 5.69 Å². The van der Waals surface area contributed by atoms with Gasteiger partial charge in [-0.1, -0.05) is 5.92 Å². The molecule has 1 fully saturated rings. The molecule has 9 heteroatoms. The number of nitrogens with zero attached hydrogens (tertiary/aromatic N) is 1. The van der Waals surface area contributed by atoms with Gasteiger partial charge in [-0.2, -0.15) is 0 Å². The number of alkyl halides is 1. The number of terminal acetylenes is 1. The first-order chi connectivity index (χ1) is 11.0. The molecule has 4 atom stereocenters. The largest absolute Gasteiger partial charge is 0.385 e. The van der Waals surface area contributed by atoms with Gasteiger partial charge in [-0.05, 0) is 20.8 Å². The van der Waals surface area contributed by atoms with Crippen LogP contribution in [0.3, 0.4) is 0 Å². The fraction of sp³-hybridized carbons (Fsp3) is 0.600. The maximum Gasteiger partial charge on any atom is 0.330 e. The zero-order valence-corrected chi connectivity index (χ0v) is 13.4. The number of aromatic amines is 1. The molecule has 0 aliphatic carbocycles. The first-order valence-electron chi connectivity index (χ1n) is 7.17. The van der Waals surface area contributed by atoms with E-state index >= 15 is 0 Å². The van der Waals surface area contributed by atoms with E-state index < -0.39 is 41.1 Å². The number of ether oxygens (including phenoxy) is 2. The number of H-pyrrole nitrogens is 1. The van der Waals surface area contributed by atoms with E-state index in [1.807, 2.05) is 10.9 Å². The maximum atomic E-state index is 14.7. The standard InChI is InChI=1S/C15H19FN2O6/c1-5-15(22)7-23-14(3,4)24-10(15)9(19)11(16)18-6-8(2)12(20)17-13(18)21/h1,6,9-11,19,22H,7H2,2-4H3,(H,17,20,21)/t9-,10+,11-,15-/m1/s1. The van der Waals surface area contributed by atoms with Crippen LogP contribution in [-0.4, -0.2) is 50.0 Å². The van der Waals surface area contributed by atoms with Crippen LogP contribution in [-0.2, 0) is 9.47 Å². The van der Waals surface area contributed by atoms with Crippen LogP contribution in [0.5, 0.6) is 0 Å². The van der Waals surface area contributed by atoms with Crippen LogP contribution in [0.25, 0.3) is 0 Å². The molecule has 8 nitrogen and oxygen atoms in total. The molecule has 0 amide bonds. The molecule has 24 heavy (non-hydrogen) atoms. The molecule has 0 unspecified atom stereocenters. The second kappa shape index (κ2) is 6.14. The van der Waals surface area contributed by atoms with E-state index in [1.54, 1.807) is 0 Å². The minimum Gasteiger partial charge on any atom is -0.385 e. The third-order valence-corrected chi connectivity index (χ3v) is 3.77. The molecule has 1 aromatic heterocycles. The lowest BCUT2D eigenvalue weighted by Gasteiger charge is -2.45. The van der Waals surface area contributed by atoms with Crippen LogP contribution in [0.1, 0.15) is 25.7 Å². The molecule has 1 aliphatic heterocycles. The molecule has 132 valence electrons. The van der Waals surface area contributed by atoms with Crippen LogP contribution in [0.15, 0.2) is 15.8 Å². The SMILES string of the molecule is C#C[C@@]1(O)COC(C)(C)O[C@H]1[C@@H](O)[C@H](F)n1cc(C)c(=O)[nH]c1=O. The molecule has 3 N–H and O–H groups in total. The molecule has 2 rings (SSSR count). The van der Waals surface area contributed by atoms with Crippen LogP contribution in [0.4, 0.5) is 4.39 Å². The lowest BCUT2D eigenvalue weighted by atomic mass is 9.91. The number of aromatic nitrogens is 2. The van der Waals surface area contributed by atoms with Gasteiger partial charge in [0.15, 0.2) is 11.4 Å². The molecule has 1 aliphatic rings. The minimum absolute atomic E-state index is 0.0740. The van der Waals surface area contributed by atoms with Gasteiger partial charge in [-0.3, -0.25) is 14.3 Å². The average molecular weight is 342 g/mol. The molecular weight excluding hydrogens is 323 g/mol. The van der Waals surface area contributed by atoms with Crippen LogP contribution in [0, 0.1) is 19.3 Å². The first kappa shape index (κ1) is 18.4. The van der Waals surface area contributed by atoms with Gasteiger partial charge in [0.25, 0.3) is 5.56 Å². The summed E-state index contributed by atoms with van der Waals surface area (Å²) in [5.74, 6) is 0.802. The summed E-state index contributed by atoms with van der Waals surface area (Å²) >= 11 is 0. The minimum atomic E-state index is -2.31. The van der Waals surface area contributed by atoms with Crippen molar-refractivity contribution in [1.29, 1.82) is 0 Å². The van der Waals surface area contributed by atoms with Crippen molar-refractivity contribution in [2.75, 3.05) is 6.61 Å². The van der Waals surface area contributed by atoms with E-state index in [-0.39, 0.29) is 12.2 Å². The Morgan fingerprint density at radius 1 is 1.54 bits per heavy atom. The summed E-state index contributed by atoms with van der Waals surface area (Å²) in [4.78, 5) is 25.1. The normalized spacial score (nSPS) is 28.8. The van der Waals surface area contributed by atoms with Gasteiger partial charge in [-0.15, -0.1) is 6.42 Å². The quantitative estimate of drug-likeness (QED) is 0.619. The van der Waals surface area contributed by atoms with E-state index in [1.165, 1.54) is 20.8 Å². The molecule has 1 saturated heterocycles. The Labute approximate surface area is 136 Å². The van der Waals surface area contributed by atoms with Gasteiger partial charge in [0.1, 0.15) is 12.2 Å². The van der Waals surface area contributed by atoms with Crippen molar-refractivity contribution in [2.24, 2.45) is 0 Å². The van der Waals surface area contributed by atoms with Crippen LogP contribution < -0.4 is 11.2 Å². The molecule has 2 heterocycles. The smallest absolute Gasteiger partial charge is 0.330 e. The molecule has 0 aromatic carbocycles. The van der Waals surface area contributed by atoms with Crippen molar-refractivity contribution in [3.8, 4) is 12.3 Å². The number of hydrogen-bond acceptors (Lipinski definition) is 6. The Kier molecular flexibility index (Phi) is 4.70. The lowest BCUT2D eigenvalue weighted by molar-refractivity contribution is -0.340. The molecule has 0 bridgehead atoms. The highest BCUT2D eigenvalue weighted by molar-refractivity contribution is 5.16. The highest BCUT2D eigenvalue weighted by atomic mass is 19.1. The molecule has 0 spiro atoms. The summed E-state index contributed by atoms with van der Waals surface area (Å²) in [5, 5.41) is 20.7. The van der Waals surface area contributed by atoms with E-state index in [0.29, 0.717) is 4.57 Å². The predicted molar refractivity (Wildman–Crippen MR) is 80.9 cm³/mol. The van der Waals surface area contributed by atoms with Crippen molar-refractivity contribution in [3.63, 3.8) is 0 Å². The Hall–Kier alpha value is -1.99. The van der Waals surface area contributed by atoms with Gasteiger partial charge in [0.2, 0.25) is 6.30 Å². The number of nitrogens with one attached hydrogen (secondary N) is 1. The van der Waals surface area contributed by atoms with E-state index in [9.17, 15) is 24.2 Å². The average Bonchev–Trinajstić information content (AvgIpc) is 2.52. The van der Waals surface area contributed by atoms with Gasteiger partial charge in [-0.25, -0.2) is 9.18 Å². The molecular formula is C15H19FN2O6. The molecule has 0 saturated carbocycles. The predicted octanol–water partition coefficient (Wildman–Crippen LogP) is -0.810. The van der Waals surface area contributed by atoms with Gasteiger partial charge in [0, 0.05) is 11.8 Å². The Bertz CT molecular complexity index is 779.